The second kappa shape index (κ2) is 11.7. The van der Waals surface area contributed by atoms with Crippen molar-refractivity contribution in [1.82, 2.24) is 24.3 Å². The third kappa shape index (κ3) is 6.61. The molecular weight excluding hydrogens is 480 g/mol. The Morgan fingerprint density at radius 3 is 2.39 bits per heavy atom. The number of benzene rings is 1. The number of nitrogens with two attached hydrogens (primary N) is 2. The minimum atomic E-state index is -0.519. The number of anilines is 1. The summed E-state index contributed by atoms with van der Waals surface area (Å²) in [6.07, 6.45) is 3.94. The van der Waals surface area contributed by atoms with E-state index >= 15 is 0 Å². The number of hydrogen-bond acceptors (Lipinski definition) is 7. The molecule has 0 radical (unpaired) electrons. The molecule has 0 bridgehead atoms. The average molecular weight is 523 g/mol. The van der Waals surface area contributed by atoms with Gasteiger partial charge in [-0.05, 0) is 82.9 Å². The van der Waals surface area contributed by atoms with Gasteiger partial charge in [0, 0.05) is 49.7 Å². The van der Waals surface area contributed by atoms with Crippen LogP contribution >= 0.6 is 0 Å². The zero-order chi connectivity index (χ0) is 27.4. The third-order valence-corrected chi connectivity index (χ3v) is 7.71. The molecule has 10 nitrogen and oxygen atoms in total. The largest absolute Gasteiger partial charge is 0.368 e. The molecule has 38 heavy (non-hydrogen) atoms. The van der Waals surface area contributed by atoms with E-state index < -0.39 is 11.2 Å². The molecule has 1 aromatic heterocycles. The SMILES string of the molecule is C=C(N1CCN(C(=O)Nc2ccn(-c3ccc(CN4CCC(CN)CC4)cc3)c(=O)n2)C[C@H]1C)C(C)(C)N. The summed E-state index contributed by atoms with van der Waals surface area (Å²) in [5.41, 5.74) is 13.8. The molecule has 2 aromatic rings. The van der Waals surface area contributed by atoms with Crippen LogP contribution in [0.2, 0.25) is 0 Å². The van der Waals surface area contributed by atoms with Crippen molar-refractivity contribution < 1.29 is 4.79 Å². The third-order valence-electron chi connectivity index (χ3n) is 7.71. The second-order valence-electron chi connectivity index (χ2n) is 11.2. The topological polar surface area (TPSA) is 126 Å². The summed E-state index contributed by atoms with van der Waals surface area (Å²) in [5.74, 6) is 0.875. The molecule has 2 saturated heterocycles. The lowest BCUT2D eigenvalue weighted by Gasteiger charge is -2.45. The van der Waals surface area contributed by atoms with E-state index in [1.165, 1.54) is 10.1 Å². The van der Waals surface area contributed by atoms with E-state index in [1.807, 2.05) is 45.0 Å². The molecule has 5 N–H and O–H groups in total. The fourth-order valence-electron chi connectivity index (χ4n) is 5.17. The lowest BCUT2D eigenvalue weighted by atomic mass is 9.97. The van der Waals surface area contributed by atoms with Gasteiger partial charge in [-0.25, -0.2) is 9.59 Å². The number of amides is 2. The van der Waals surface area contributed by atoms with Crippen LogP contribution in [0.3, 0.4) is 0 Å². The van der Waals surface area contributed by atoms with Crippen LogP contribution in [0.5, 0.6) is 0 Å². The average Bonchev–Trinajstić information content (AvgIpc) is 2.89. The second-order valence-corrected chi connectivity index (χ2v) is 11.2. The smallest absolute Gasteiger partial charge is 0.354 e. The Labute approximate surface area is 225 Å². The number of urea groups is 1. The Morgan fingerprint density at radius 2 is 1.82 bits per heavy atom. The minimum absolute atomic E-state index is 0.0755. The fraction of sp³-hybridized carbons (Fsp3) is 0.536. The highest BCUT2D eigenvalue weighted by atomic mass is 16.2. The fourth-order valence-corrected chi connectivity index (χ4v) is 5.17. The predicted molar refractivity (Wildman–Crippen MR) is 151 cm³/mol. The summed E-state index contributed by atoms with van der Waals surface area (Å²) in [4.78, 5) is 36.1. The first kappa shape index (κ1) is 27.8. The first-order valence-electron chi connectivity index (χ1n) is 13.5. The molecule has 0 unspecified atom stereocenters. The van der Waals surface area contributed by atoms with E-state index in [0.29, 0.717) is 25.6 Å². The summed E-state index contributed by atoms with van der Waals surface area (Å²) >= 11 is 0. The molecule has 2 aliphatic heterocycles. The lowest BCUT2D eigenvalue weighted by molar-refractivity contribution is 0.120. The number of carbonyl (C=O) groups excluding carboxylic acids is 1. The van der Waals surface area contributed by atoms with Crippen LogP contribution in [0.25, 0.3) is 5.69 Å². The maximum atomic E-state index is 12.9. The minimum Gasteiger partial charge on any atom is -0.368 e. The quantitative estimate of drug-likeness (QED) is 0.509. The Kier molecular flexibility index (Phi) is 8.54. The summed E-state index contributed by atoms with van der Waals surface area (Å²) < 4.78 is 1.48. The molecule has 3 heterocycles. The van der Waals surface area contributed by atoms with E-state index in [0.717, 1.165) is 50.4 Å². The van der Waals surface area contributed by atoms with Crippen LogP contribution in [0, 0.1) is 5.92 Å². The summed E-state index contributed by atoms with van der Waals surface area (Å²) in [7, 11) is 0. The van der Waals surface area contributed by atoms with Crippen LogP contribution in [0.4, 0.5) is 10.6 Å². The summed E-state index contributed by atoms with van der Waals surface area (Å²) in [6.45, 7) is 15.5. The molecular formula is C28H42N8O2. The van der Waals surface area contributed by atoms with E-state index in [4.69, 9.17) is 11.5 Å². The van der Waals surface area contributed by atoms with Crippen LogP contribution in [-0.2, 0) is 6.54 Å². The lowest BCUT2D eigenvalue weighted by Crippen LogP contribution is -2.57. The monoisotopic (exact) mass is 522 g/mol. The van der Waals surface area contributed by atoms with Crippen molar-refractivity contribution in [3.63, 3.8) is 0 Å². The van der Waals surface area contributed by atoms with Crippen LogP contribution in [0.1, 0.15) is 39.2 Å². The van der Waals surface area contributed by atoms with Gasteiger partial charge in [0.25, 0.3) is 0 Å². The van der Waals surface area contributed by atoms with Gasteiger partial charge in [-0.1, -0.05) is 18.7 Å². The molecule has 1 aromatic carbocycles. The Morgan fingerprint density at radius 1 is 1.13 bits per heavy atom. The molecule has 0 saturated carbocycles. The predicted octanol–water partition coefficient (Wildman–Crippen LogP) is 2.19. The highest BCUT2D eigenvalue weighted by Gasteiger charge is 2.31. The van der Waals surface area contributed by atoms with E-state index in [-0.39, 0.29) is 17.9 Å². The van der Waals surface area contributed by atoms with Gasteiger partial charge in [-0.15, -0.1) is 0 Å². The van der Waals surface area contributed by atoms with Gasteiger partial charge in [0.2, 0.25) is 0 Å². The van der Waals surface area contributed by atoms with Crippen molar-refractivity contribution >= 4 is 11.8 Å². The Hall–Kier alpha value is -3.21. The number of hydrogen-bond donors (Lipinski definition) is 3. The van der Waals surface area contributed by atoms with Crippen molar-refractivity contribution in [3.8, 4) is 5.69 Å². The van der Waals surface area contributed by atoms with Crippen LogP contribution < -0.4 is 22.5 Å². The normalized spacial score (nSPS) is 19.4. The molecule has 206 valence electrons. The zero-order valence-corrected chi connectivity index (χ0v) is 22.9. The molecule has 2 aliphatic rings. The highest BCUT2D eigenvalue weighted by molar-refractivity contribution is 5.88. The van der Waals surface area contributed by atoms with Gasteiger partial charge < -0.3 is 21.3 Å². The summed E-state index contributed by atoms with van der Waals surface area (Å²) in [6, 6.07) is 9.40. The number of nitrogens with one attached hydrogen (secondary N) is 1. The summed E-state index contributed by atoms with van der Waals surface area (Å²) in [5, 5.41) is 2.77. The molecule has 0 aliphatic carbocycles. The number of piperidine rings is 1. The first-order valence-corrected chi connectivity index (χ1v) is 13.5. The Bertz CT molecular complexity index is 1180. The van der Waals surface area contributed by atoms with Crippen molar-refractivity contribution in [1.29, 1.82) is 0 Å². The van der Waals surface area contributed by atoms with Gasteiger partial charge in [0.05, 0.1) is 5.69 Å². The van der Waals surface area contributed by atoms with Crippen LogP contribution in [0.15, 0.2) is 53.6 Å². The van der Waals surface area contributed by atoms with Gasteiger partial charge >= 0.3 is 11.7 Å². The van der Waals surface area contributed by atoms with Crippen molar-refractivity contribution in [2.45, 2.75) is 51.7 Å². The molecule has 2 amide bonds. The van der Waals surface area contributed by atoms with Gasteiger partial charge in [0.1, 0.15) is 5.82 Å². The Balaban J connectivity index is 1.33. The van der Waals surface area contributed by atoms with E-state index in [1.54, 1.807) is 17.2 Å². The number of aromatic nitrogens is 2. The maximum Gasteiger partial charge on any atom is 0.354 e. The number of rotatable bonds is 7. The van der Waals surface area contributed by atoms with E-state index in [2.05, 4.69) is 26.7 Å². The van der Waals surface area contributed by atoms with Crippen LogP contribution in [-0.4, -0.2) is 81.1 Å². The number of nitrogens with zero attached hydrogens (tertiary/aromatic N) is 5. The molecule has 0 spiro atoms. The molecule has 2 fully saturated rings. The standard InChI is InChI=1S/C28H42N8O2/c1-20-18-34(15-16-35(20)21(2)28(3,4)30)26(37)31-25-11-14-36(27(38)32-25)24-7-5-23(6-8-24)19-33-12-9-22(17-29)10-13-33/h5-8,11,14,20,22H,2,9-10,12-13,15-19,29-30H2,1,3-4H3,(H,31,32,37,38)/t20-/m1/s1. The van der Waals surface area contributed by atoms with Crippen molar-refractivity contribution in [2.24, 2.45) is 17.4 Å². The number of piperazine rings is 1. The van der Waals surface area contributed by atoms with Crippen molar-refractivity contribution in [3.05, 3.63) is 64.9 Å². The van der Waals surface area contributed by atoms with Gasteiger partial charge in [-0.2, -0.15) is 4.98 Å². The molecule has 4 rings (SSSR count). The van der Waals surface area contributed by atoms with E-state index in [9.17, 15) is 9.59 Å². The van der Waals surface area contributed by atoms with Crippen molar-refractivity contribution in [2.75, 3.05) is 44.6 Å². The molecule has 1 atom stereocenters. The van der Waals surface area contributed by atoms with Gasteiger partial charge in [0.15, 0.2) is 0 Å². The van der Waals surface area contributed by atoms with Gasteiger partial charge in [-0.3, -0.25) is 14.8 Å². The highest BCUT2D eigenvalue weighted by Crippen LogP contribution is 2.22. The number of carbonyl (C=O) groups is 1. The first-order chi connectivity index (χ1) is 18.0. The molecule has 10 heteroatoms. The maximum absolute atomic E-state index is 12.9. The zero-order valence-electron chi connectivity index (χ0n) is 22.9. The number of likely N-dealkylation sites (tertiary alicyclic amines) is 1.